The summed E-state index contributed by atoms with van der Waals surface area (Å²) in [6.45, 7) is 4.09. The van der Waals surface area contributed by atoms with Crippen molar-refractivity contribution in [2.24, 2.45) is 0 Å². The fourth-order valence-electron chi connectivity index (χ4n) is 2.17. The standard InChI is InChI=1S/C16H19FN2O/c1-11(13-6-8-18-9-7-13)19-12(2)14-4-5-16(20-3)15(17)10-14/h4-12,19H,1-3H3/t11-,12?/m1/s1. The highest BCUT2D eigenvalue weighted by Gasteiger charge is 2.13. The van der Waals surface area contributed by atoms with Crippen molar-refractivity contribution in [3.05, 3.63) is 59.7 Å². The number of hydrogen-bond acceptors (Lipinski definition) is 3. The van der Waals surface area contributed by atoms with Crippen LogP contribution in [0.2, 0.25) is 0 Å². The maximum atomic E-state index is 13.7. The summed E-state index contributed by atoms with van der Waals surface area (Å²) in [6.07, 6.45) is 3.54. The summed E-state index contributed by atoms with van der Waals surface area (Å²) in [5.74, 6) is -0.0710. The molecule has 1 heterocycles. The molecule has 3 nitrogen and oxygen atoms in total. The van der Waals surface area contributed by atoms with E-state index < -0.39 is 0 Å². The molecular weight excluding hydrogens is 255 g/mol. The van der Waals surface area contributed by atoms with Gasteiger partial charge in [0.15, 0.2) is 11.6 Å². The van der Waals surface area contributed by atoms with Crippen LogP contribution in [0.25, 0.3) is 0 Å². The third-order valence-electron chi connectivity index (χ3n) is 3.38. The van der Waals surface area contributed by atoms with Gasteiger partial charge in [-0.1, -0.05) is 6.07 Å². The molecule has 106 valence electrons. The first-order chi connectivity index (χ1) is 9.61. The van der Waals surface area contributed by atoms with E-state index in [1.165, 1.54) is 13.2 Å². The van der Waals surface area contributed by atoms with Crippen molar-refractivity contribution in [1.29, 1.82) is 0 Å². The normalized spacial score (nSPS) is 13.8. The zero-order chi connectivity index (χ0) is 14.5. The number of pyridine rings is 1. The maximum absolute atomic E-state index is 13.7. The van der Waals surface area contributed by atoms with Gasteiger partial charge in [-0.25, -0.2) is 4.39 Å². The predicted molar refractivity (Wildman–Crippen MR) is 77.2 cm³/mol. The molecule has 2 aromatic rings. The molecule has 1 aromatic heterocycles. The van der Waals surface area contributed by atoms with Crippen molar-refractivity contribution in [2.45, 2.75) is 25.9 Å². The number of aromatic nitrogens is 1. The van der Waals surface area contributed by atoms with Gasteiger partial charge in [0.25, 0.3) is 0 Å². The van der Waals surface area contributed by atoms with Crippen LogP contribution in [-0.4, -0.2) is 12.1 Å². The van der Waals surface area contributed by atoms with Crippen molar-refractivity contribution >= 4 is 0 Å². The highest BCUT2D eigenvalue weighted by Crippen LogP contribution is 2.23. The van der Waals surface area contributed by atoms with Gasteiger partial charge in [-0.2, -0.15) is 0 Å². The summed E-state index contributed by atoms with van der Waals surface area (Å²) in [7, 11) is 1.46. The zero-order valence-corrected chi connectivity index (χ0v) is 11.9. The Morgan fingerprint density at radius 2 is 1.70 bits per heavy atom. The van der Waals surface area contributed by atoms with Crippen molar-refractivity contribution in [3.8, 4) is 5.75 Å². The van der Waals surface area contributed by atoms with Gasteiger partial charge in [0.05, 0.1) is 7.11 Å². The van der Waals surface area contributed by atoms with Gasteiger partial charge in [0.1, 0.15) is 0 Å². The molecule has 2 atom stereocenters. The van der Waals surface area contributed by atoms with E-state index in [-0.39, 0.29) is 23.7 Å². The molecule has 1 unspecified atom stereocenters. The fourth-order valence-corrected chi connectivity index (χ4v) is 2.17. The van der Waals surface area contributed by atoms with E-state index in [4.69, 9.17) is 4.74 Å². The fraction of sp³-hybridized carbons (Fsp3) is 0.312. The van der Waals surface area contributed by atoms with Crippen molar-refractivity contribution < 1.29 is 9.13 Å². The summed E-state index contributed by atoms with van der Waals surface area (Å²) in [5, 5.41) is 3.44. The van der Waals surface area contributed by atoms with Crippen LogP contribution in [0.1, 0.15) is 37.1 Å². The minimum Gasteiger partial charge on any atom is -0.494 e. The average molecular weight is 274 g/mol. The molecule has 20 heavy (non-hydrogen) atoms. The first-order valence-electron chi connectivity index (χ1n) is 6.61. The molecule has 2 rings (SSSR count). The molecule has 0 saturated heterocycles. The van der Waals surface area contributed by atoms with Crippen LogP contribution in [0.15, 0.2) is 42.7 Å². The number of nitrogens with one attached hydrogen (secondary N) is 1. The summed E-state index contributed by atoms with van der Waals surface area (Å²) in [6, 6.07) is 9.18. The average Bonchev–Trinajstić information content (AvgIpc) is 2.48. The van der Waals surface area contributed by atoms with E-state index in [0.717, 1.165) is 11.1 Å². The number of nitrogens with zero attached hydrogens (tertiary/aromatic N) is 1. The Kier molecular flexibility index (Phi) is 4.69. The highest BCUT2D eigenvalue weighted by molar-refractivity contribution is 5.31. The molecule has 1 N–H and O–H groups in total. The van der Waals surface area contributed by atoms with Crippen LogP contribution < -0.4 is 10.1 Å². The Hall–Kier alpha value is -1.94. The van der Waals surface area contributed by atoms with E-state index in [9.17, 15) is 4.39 Å². The molecule has 0 amide bonds. The first-order valence-corrected chi connectivity index (χ1v) is 6.61. The van der Waals surface area contributed by atoms with E-state index in [0.29, 0.717) is 0 Å². The lowest BCUT2D eigenvalue weighted by Gasteiger charge is -2.21. The monoisotopic (exact) mass is 274 g/mol. The second-order valence-electron chi connectivity index (χ2n) is 4.78. The molecular formula is C16H19FN2O. The van der Waals surface area contributed by atoms with Crippen LogP contribution >= 0.6 is 0 Å². The molecule has 0 fully saturated rings. The van der Waals surface area contributed by atoms with Gasteiger partial charge in [-0.3, -0.25) is 4.98 Å². The second-order valence-corrected chi connectivity index (χ2v) is 4.78. The minimum atomic E-state index is -0.338. The van der Waals surface area contributed by atoms with E-state index >= 15 is 0 Å². The highest BCUT2D eigenvalue weighted by atomic mass is 19.1. The van der Waals surface area contributed by atoms with E-state index in [1.54, 1.807) is 18.5 Å². The Labute approximate surface area is 118 Å². The zero-order valence-electron chi connectivity index (χ0n) is 11.9. The molecule has 1 aromatic carbocycles. The lowest BCUT2D eigenvalue weighted by molar-refractivity contribution is 0.385. The Balaban J connectivity index is 2.08. The summed E-state index contributed by atoms with van der Waals surface area (Å²) < 4.78 is 18.6. The smallest absolute Gasteiger partial charge is 0.165 e. The third kappa shape index (κ3) is 3.33. The SMILES string of the molecule is COc1ccc(C(C)N[C@H](C)c2ccncc2)cc1F. The molecule has 0 bridgehead atoms. The number of halogens is 1. The number of hydrogen-bond donors (Lipinski definition) is 1. The van der Waals surface area contributed by atoms with Crippen molar-refractivity contribution in [2.75, 3.05) is 7.11 Å². The van der Waals surface area contributed by atoms with E-state index in [2.05, 4.69) is 17.2 Å². The number of benzene rings is 1. The molecule has 4 heteroatoms. The summed E-state index contributed by atoms with van der Waals surface area (Å²) in [4.78, 5) is 4.00. The number of rotatable bonds is 5. The summed E-state index contributed by atoms with van der Waals surface area (Å²) in [5.41, 5.74) is 2.05. The molecule has 0 aliphatic rings. The molecule has 0 spiro atoms. The molecule has 0 radical (unpaired) electrons. The van der Waals surface area contributed by atoms with Gasteiger partial charge in [0, 0.05) is 24.5 Å². The van der Waals surface area contributed by atoms with Crippen LogP contribution in [0.3, 0.4) is 0 Å². The van der Waals surface area contributed by atoms with E-state index in [1.807, 2.05) is 25.1 Å². The largest absolute Gasteiger partial charge is 0.494 e. The lowest BCUT2D eigenvalue weighted by Crippen LogP contribution is -2.22. The van der Waals surface area contributed by atoms with Gasteiger partial charge in [0.2, 0.25) is 0 Å². The Morgan fingerprint density at radius 3 is 2.30 bits per heavy atom. The lowest BCUT2D eigenvalue weighted by atomic mass is 10.0. The van der Waals surface area contributed by atoms with Gasteiger partial charge in [-0.15, -0.1) is 0 Å². The van der Waals surface area contributed by atoms with Crippen molar-refractivity contribution in [3.63, 3.8) is 0 Å². The molecule has 0 aliphatic carbocycles. The van der Waals surface area contributed by atoms with Gasteiger partial charge >= 0.3 is 0 Å². The quantitative estimate of drug-likeness (QED) is 0.903. The molecule has 0 aliphatic heterocycles. The number of methoxy groups -OCH3 is 1. The molecule has 0 saturated carbocycles. The number of ether oxygens (including phenoxy) is 1. The second kappa shape index (κ2) is 6.48. The Bertz CT molecular complexity index is 560. The van der Waals surface area contributed by atoms with Crippen LogP contribution in [0.5, 0.6) is 5.75 Å². The Morgan fingerprint density at radius 1 is 1.05 bits per heavy atom. The maximum Gasteiger partial charge on any atom is 0.165 e. The summed E-state index contributed by atoms with van der Waals surface area (Å²) >= 11 is 0. The topological polar surface area (TPSA) is 34.1 Å². The minimum absolute atomic E-state index is 0.0403. The van der Waals surface area contributed by atoms with Crippen LogP contribution in [0.4, 0.5) is 4.39 Å². The van der Waals surface area contributed by atoms with Crippen LogP contribution in [0, 0.1) is 5.82 Å². The van der Waals surface area contributed by atoms with Crippen LogP contribution in [-0.2, 0) is 0 Å². The van der Waals surface area contributed by atoms with Crippen molar-refractivity contribution in [1.82, 2.24) is 10.3 Å². The first kappa shape index (κ1) is 14.5. The van der Waals surface area contributed by atoms with Gasteiger partial charge < -0.3 is 10.1 Å². The van der Waals surface area contributed by atoms with Gasteiger partial charge in [-0.05, 0) is 49.2 Å². The third-order valence-corrected chi connectivity index (χ3v) is 3.38. The predicted octanol–water partition coefficient (Wildman–Crippen LogP) is 3.64.